The number of carbonyl (C=O) groups excluding carboxylic acids is 1. The monoisotopic (exact) mass is 413 g/mol. The van der Waals surface area contributed by atoms with Gasteiger partial charge in [-0.3, -0.25) is 14.5 Å². The van der Waals surface area contributed by atoms with Gasteiger partial charge >= 0.3 is 0 Å². The zero-order chi connectivity index (χ0) is 20.4. The van der Waals surface area contributed by atoms with E-state index in [9.17, 15) is 9.59 Å². The molecule has 0 saturated carbocycles. The number of nitrogens with zero attached hydrogens (tertiary/aromatic N) is 3. The van der Waals surface area contributed by atoms with E-state index >= 15 is 0 Å². The SMILES string of the molecule is C[C@@H]1CN(Cc2csc(NC(=O)Cc3n[nH]c(=O)c4ccccc34)n2)C[C@H](C)O1. The second-order valence-electron chi connectivity index (χ2n) is 7.37. The third kappa shape index (κ3) is 4.69. The lowest BCUT2D eigenvalue weighted by molar-refractivity contribution is -0.115. The number of rotatable bonds is 5. The summed E-state index contributed by atoms with van der Waals surface area (Å²) in [6.45, 7) is 6.62. The maximum absolute atomic E-state index is 12.5. The molecule has 0 aliphatic carbocycles. The van der Waals surface area contributed by atoms with Gasteiger partial charge in [0.15, 0.2) is 5.13 Å². The molecule has 3 aromatic rings. The van der Waals surface area contributed by atoms with Gasteiger partial charge in [0.1, 0.15) is 0 Å². The number of anilines is 1. The molecular formula is C20H23N5O3S. The Morgan fingerprint density at radius 3 is 2.76 bits per heavy atom. The van der Waals surface area contributed by atoms with Crippen LogP contribution in [-0.2, 0) is 22.5 Å². The van der Waals surface area contributed by atoms with Gasteiger partial charge in [0, 0.05) is 30.4 Å². The summed E-state index contributed by atoms with van der Waals surface area (Å²) in [5, 5.41) is 13.1. The van der Waals surface area contributed by atoms with Gasteiger partial charge in [-0.25, -0.2) is 10.1 Å². The molecule has 0 radical (unpaired) electrons. The third-order valence-corrected chi connectivity index (χ3v) is 5.59. The molecule has 2 aromatic heterocycles. The van der Waals surface area contributed by atoms with Crippen LogP contribution in [0.15, 0.2) is 34.4 Å². The number of amides is 1. The third-order valence-electron chi connectivity index (χ3n) is 4.78. The number of hydrogen-bond acceptors (Lipinski definition) is 7. The molecule has 1 amide bonds. The minimum absolute atomic E-state index is 0.0602. The molecular weight excluding hydrogens is 390 g/mol. The fourth-order valence-corrected chi connectivity index (χ4v) is 4.42. The van der Waals surface area contributed by atoms with E-state index in [1.165, 1.54) is 11.3 Å². The van der Waals surface area contributed by atoms with Crippen molar-refractivity contribution in [2.24, 2.45) is 0 Å². The van der Waals surface area contributed by atoms with Crippen LogP contribution in [-0.4, -0.2) is 51.3 Å². The van der Waals surface area contributed by atoms with Crippen molar-refractivity contribution in [3.8, 4) is 0 Å². The Hall–Kier alpha value is -2.62. The molecule has 0 spiro atoms. The summed E-state index contributed by atoms with van der Waals surface area (Å²) in [4.78, 5) is 31.2. The predicted octanol–water partition coefficient (Wildman–Crippen LogP) is 2.17. The smallest absolute Gasteiger partial charge is 0.272 e. The maximum atomic E-state index is 12.5. The Bertz CT molecular complexity index is 1070. The van der Waals surface area contributed by atoms with Gasteiger partial charge in [0.2, 0.25) is 5.91 Å². The number of thiazole rings is 1. The van der Waals surface area contributed by atoms with E-state index < -0.39 is 0 Å². The van der Waals surface area contributed by atoms with E-state index in [1.807, 2.05) is 11.4 Å². The second-order valence-corrected chi connectivity index (χ2v) is 8.22. The average molecular weight is 414 g/mol. The number of nitrogens with one attached hydrogen (secondary N) is 2. The molecule has 1 fully saturated rings. The molecule has 4 rings (SSSR count). The van der Waals surface area contributed by atoms with Crippen molar-refractivity contribution in [1.29, 1.82) is 0 Å². The van der Waals surface area contributed by atoms with Gasteiger partial charge in [0.05, 0.1) is 35.4 Å². The van der Waals surface area contributed by atoms with Crippen LogP contribution in [0.25, 0.3) is 10.8 Å². The van der Waals surface area contributed by atoms with Gasteiger partial charge in [-0.05, 0) is 19.9 Å². The fourth-order valence-electron chi connectivity index (χ4n) is 3.70. The molecule has 1 aliphatic heterocycles. The number of carbonyl (C=O) groups is 1. The van der Waals surface area contributed by atoms with Gasteiger partial charge < -0.3 is 10.1 Å². The lowest BCUT2D eigenvalue weighted by Gasteiger charge is -2.34. The van der Waals surface area contributed by atoms with E-state index in [-0.39, 0.29) is 30.1 Å². The first-order valence-corrected chi connectivity index (χ1v) is 10.4. The molecule has 29 heavy (non-hydrogen) atoms. The van der Waals surface area contributed by atoms with E-state index in [2.05, 4.69) is 39.2 Å². The standard InChI is InChI=1S/C20H23N5O3S/c1-12-8-25(9-13(2)28-12)10-14-11-29-20(21-14)22-18(26)7-17-15-5-3-4-6-16(15)19(27)24-23-17/h3-6,11-13H,7-10H2,1-2H3,(H,24,27)(H,21,22,26)/t12-,13+. The van der Waals surface area contributed by atoms with Crippen molar-refractivity contribution in [3.05, 3.63) is 51.4 Å². The first-order chi connectivity index (χ1) is 14.0. The first-order valence-electron chi connectivity index (χ1n) is 9.56. The minimum Gasteiger partial charge on any atom is -0.373 e. The molecule has 1 saturated heterocycles. The molecule has 0 bridgehead atoms. The highest BCUT2D eigenvalue weighted by Gasteiger charge is 2.23. The quantitative estimate of drug-likeness (QED) is 0.665. The van der Waals surface area contributed by atoms with Crippen LogP contribution in [0.1, 0.15) is 25.2 Å². The number of morpholine rings is 1. The van der Waals surface area contributed by atoms with Crippen LogP contribution in [0.3, 0.4) is 0 Å². The molecule has 1 aliphatic rings. The summed E-state index contributed by atoms with van der Waals surface area (Å²) in [5.74, 6) is -0.218. The van der Waals surface area contributed by atoms with E-state index in [4.69, 9.17) is 4.74 Å². The Labute approximate surface area is 171 Å². The highest BCUT2D eigenvalue weighted by molar-refractivity contribution is 7.13. The lowest BCUT2D eigenvalue weighted by atomic mass is 10.1. The Morgan fingerprint density at radius 1 is 1.28 bits per heavy atom. The highest BCUT2D eigenvalue weighted by atomic mass is 32.1. The molecule has 2 N–H and O–H groups in total. The van der Waals surface area contributed by atoms with Gasteiger partial charge in [-0.15, -0.1) is 11.3 Å². The topological polar surface area (TPSA) is 100 Å². The van der Waals surface area contributed by atoms with Crippen molar-refractivity contribution in [2.45, 2.75) is 39.0 Å². The zero-order valence-electron chi connectivity index (χ0n) is 16.3. The summed E-state index contributed by atoms with van der Waals surface area (Å²) in [6.07, 6.45) is 0.470. The van der Waals surface area contributed by atoms with Crippen molar-refractivity contribution >= 4 is 33.1 Å². The summed E-state index contributed by atoms with van der Waals surface area (Å²) < 4.78 is 5.76. The normalized spacial score (nSPS) is 20.1. The van der Waals surface area contributed by atoms with Crippen LogP contribution in [0.5, 0.6) is 0 Å². The van der Waals surface area contributed by atoms with Crippen molar-refractivity contribution in [1.82, 2.24) is 20.1 Å². The summed E-state index contributed by atoms with van der Waals surface area (Å²) in [5.41, 5.74) is 1.20. The van der Waals surface area contributed by atoms with Gasteiger partial charge in [0.25, 0.3) is 5.56 Å². The van der Waals surface area contributed by atoms with Crippen LogP contribution < -0.4 is 10.9 Å². The highest BCUT2D eigenvalue weighted by Crippen LogP contribution is 2.20. The Balaban J connectivity index is 1.40. The predicted molar refractivity (Wildman–Crippen MR) is 112 cm³/mol. The first kappa shape index (κ1) is 19.7. The second kappa shape index (κ2) is 8.40. The number of H-pyrrole nitrogens is 1. The number of benzene rings is 1. The molecule has 3 heterocycles. The largest absolute Gasteiger partial charge is 0.373 e. The molecule has 8 nitrogen and oxygen atoms in total. The molecule has 0 unspecified atom stereocenters. The van der Waals surface area contributed by atoms with Gasteiger partial charge in [-0.1, -0.05) is 18.2 Å². The molecule has 1 aromatic carbocycles. The minimum atomic E-state index is -0.263. The lowest BCUT2D eigenvalue weighted by Crippen LogP contribution is -2.44. The van der Waals surface area contributed by atoms with Crippen LogP contribution >= 0.6 is 11.3 Å². The van der Waals surface area contributed by atoms with E-state index in [1.54, 1.807) is 18.2 Å². The van der Waals surface area contributed by atoms with Crippen molar-refractivity contribution < 1.29 is 9.53 Å². The molecule has 9 heteroatoms. The Kier molecular flexibility index (Phi) is 5.70. The van der Waals surface area contributed by atoms with E-state index in [0.717, 1.165) is 25.3 Å². The summed E-state index contributed by atoms with van der Waals surface area (Å²) in [7, 11) is 0. The molecule has 152 valence electrons. The number of hydrogen-bond donors (Lipinski definition) is 2. The average Bonchev–Trinajstić information content (AvgIpc) is 3.10. The number of ether oxygens (including phenoxy) is 1. The zero-order valence-corrected chi connectivity index (χ0v) is 17.2. The van der Waals surface area contributed by atoms with Crippen molar-refractivity contribution in [3.63, 3.8) is 0 Å². The van der Waals surface area contributed by atoms with E-state index in [0.29, 0.717) is 21.6 Å². The van der Waals surface area contributed by atoms with Crippen LogP contribution in [0.2, 0.25) is 0 Å². The van der Waals surface area contributed by atoms with Crippen molar-refractivity contribution in [2.75, 3.05) is 18.4 Å². The van der Waals surface area contributed by atoms with Crippen LogP contribution in [0.4, 0.5) is 5.13 Å². The maximum Gasteiger partial charge on any atom is 0.272 e. The number of fused-ring (bicyclic) bond motifs is 1. The van der Waals surface area contributed by atoms with Gasteiger partial charge in [-0.2, -0.15) is 5.10 Å². The molecule has 2 atom stereocenters. The van der Waals surface area contributed by atoms with Crippen LogP contribution in [0, 0.1) is 0 Å². The fraction of sp³-hybridized carbons (Fsp3) is 0.400. The summed E-state index contributed by atoms with van der Waals surface area (Å²) in [6, 6.07) is 7.13. The summed E-state index contributed by atoms with van der Waals surface area (Å²) >= 11 is 1.41. The Morgan fingerprint density at radius 2 is 2.00 bits per heavy atom. The number of aromatic amines is 1. The number of aromatic nitrogens is 3.